The van der Waals surface area contributed by atoms with Gasteiger partial charge in [-0.2, -0.15) is 10.2 Å². The number of hydrogen-bond acceptors (Lipinski definition) is 11. The molecule has 12 nitrogen and oxygen atoms in total. The lowest BCUT2D eigenvalue weighted by Crippen LogP contribution is -2.22. The summed E-state index contributed by atoms with van der Waals surface area (Å²) in [6.45, 7) is 17.5. The third-order valence-corrected chi connectivity index (χ3v) is 15.6. The van der Waals surface area contributed by atoms with Gasteiger partial charge in [-0.05, 0) is 69.4 Å². The average molecular weight is 813 g/mol. The van der Waals surface area contributed by atoms with E-state index in [1.165, 1.54) is 21.9 Å². The molecule has 1 N–H and O–H groups in total. The number of carboxylic acids is 1. The van der Waals surface area contributed by atoms with Crippen LogP contribution in [0.5, 0.6) is 0 Å². The first kappa shape index (κ1) is 40.8. The zero-order valence-corrected chi connectivity index (χ0v) is 36.4. The van der Waals surface area contributed by atoms with Crippen molar-refractivity contribution in [1.82, 2.24) is 29.5 Å². The Labute approximate surface area is 328 Å². The molecule has 0 amide bonds. The van der Waals surface area contributed by atoms with Crippen LogP contribution in [0.3, 0.4) is 0 Å². The summed E-state index contributed by atoms with van der Waals surface area (Å²) in [6.07, 6.45) is 12.4. The van der Waals surface area contributed by atoms with E-state index >= 15 is 0 Å². The molecule has 16 heteroatoms. The van der Waals surface area contributed by atoms with E-state index in [1.807, 2.05) is 6.20 Å². The predicted octanol–water partition coefficient (Wildman–Crippen LogP) is 8.31. The molecule has 294 valence electrons. The Hall–Kier alpha value is -2.87. The van der Waals surface area contributed by atoms with Crippen molar-refractivity contribution in [1.29, 1.82) is 0 Å². The highest BCUT2D eigenvalue weighted by molar-refractivity contribution is 7.15. The van der Waals surface area contributed by atoms with Gasteiger partial charge in [0.25, 0.3) is 0 Å². The number of aryl methyl sites for hydroxylation is 4. The maximum Gasteiger partial charge on any atom is 0.339 e. The van der Waals surface area contributed by atoms with Crippen molar-refractivity contribution in [3.05, 3.63) is 44.7 Å². The maximum absolute atomic E-state index is 13.2. The van der Waals surface area contributed by atoms with Gasteiger partial charge in [0.2, 0.25) is 0 Å². The molecule has 0 radical (unpaired) electrons. The van der Waals surface area contributed by atoms with Crippen LogP contribution >= 0.6 is 22.7 Å². The molecule has 4 aromatic heterocycles. The number of rotatable bonds is 16. The second-order valence-corrected chi connectivity index (χ2v) is 30.4. The number of hydrogen-bond donors (Lipinski definition) is 1. The summed E-state index contributed by atoms with van der Waals surface area (Å²) < 4.78 is 20.3. The molecule has 0 aromatic carbocycles. The molecule has 4 aromatic rings. The Balaban J connectivity index is 0.000000189. The number of carbonyl (C=O) groups excluding carboxylic acids is 1. The maximum atomic E-state index is 13.2. The van der Waals surface area contributed by atoms with Crippen molar-refractivity contribution in [2.75, 3.05) is 26.4 Å². The summed E-state index contributed by atoms with van der Waals surface area (Å²) >= 11 is 3.27. The quantitative estimate of drug-likeness (QED) is 0.0667. The predicted molar refractivity (Wildman–Crippen MR) is 218 cm³/mol. The van der Waals surface area contributed by atoms with E-state index in [0.29, 0.717) is 41.9 Å². The molecule has 0 saturated carbocycles. The van der Waals surface area contributed by atoms with Gasteiger partial charge in [0.1, 0.15) is 40.4 Å². The van der Waals surface area contributed by atoms with E-state index < -0.39 is 22.1 Å². The molecule has 0 unspecified atom stereocenters. The monoisotopic (exact) mass is 812 g/mol. The molecule has 0 atom stereocenters. The van der Waals surface area contributed by atoms with Gasteiger partial charge in [0.05, 0.1) is 17.0 Å². The number of Topliss-reactive ketones (excluding diaryl/α,β-unsaturated/α-hetero) is 1. The van der Waals surface area contributed by atoms with Crippen molar-refractivity contribution in [2.45, 2.75) is 123 Å². The summed E-state index contributed by atoms with van der Waals surface area (Å²) in [7, 11) is -2.26. The lowest BCUT2D eigenvalue weighted by molar-refractivity contribution is 0.0600. The molecule has 0 spiro atoms. The van der Waals surface area contributed by atoms with Crippen LogP contribution in [0.4, 0.5) is 0 Å². The summed E-state index contributed by atoms with van der Waals surface area (Å²) in [5.74, 6) is -0.411. The first-order valence-electron chi connectivity index (χ1n) is 19.3. The number of thiazole rings is 2. The number of aromatic nitrogens is 6. The Bertz CT molecular complexity index is 1860. The zero-order chi connectivity index (χ0) is 38.5. The summed E-state index contributed by atoms with van der Waals surface area (Å²) in [5.41, 5.74) is 4.38. The Morgan fingerprint density at radius 3 is 1.72 bits per heavy atom. The van der Waals surface area contributed by atoms with Crippen LogP contribution in [-0.2, 0) is 53.4 Å². The average Bonchev–Trinajstić information content (AvgIpc) is 3.94. The molecule has 1 saturated heterocycles. The summed E-state index contributed by atoms with van der Waals surface area (Å²) in [6, 6.07) is 2.20. The van der Waals surface area contributed by atoms with E-state index in [9.17, 15) is 14.7 Å². The minimum Gasteiger partial charge on any atom is -0.478 e. The van der Waals surface area contributed by atoms with Crippen LogP contribution in [0, 0.1) is 5.92 Å². The Kier molecular flexibility index (Phi) is 13.6. The first-order valence-corrected chi connectivity index (χ1v) is 28.4. The molecular weight excluding hydrogens is 757 g/mol. The minimum absolute atomic E-state index is 0.167. The third-order valence-electron chi connectivity index (χ3n) is 9.91. The van der Waals surface area contributed by atoms with Gasteiger partial charge in [-0.1, -0.05) is 39.3 Å². The van der Waals surface area contributed by atoms with Crippen LogP contribution in [0.25, 0.3) is 21.4 Å². The van der Waals surface area contributed by atoms with Crippen LogP contribution in [0.2, 0.25) is 51.4 Å². The van der Waals surface area contributed by atoms with Crippen molar-refractivity contribution in [3.63, 3.8) is 0 Å². The van der Waals surface area contributed by atoms with Gasteiger partial charge in [0.15, 0.2) is 5.78 Å². The zero-order valence-electron chi connectivity index (χ0n) is 32.7. The molecule has 7 rings (SSSR count). The number of nitrogens with zero attached hydrogens (tertiary/aromatic N) is 6. The molecule has 54 heavy (non-hydrogen) atoms. The van der Waals surface area contributed by atoms with Crippen molar-refractivity contribution >= 4 is 50.6 Å². The highest BCUT2D eigenvalue weighted by Crippen LogP contribution is 2.36. The lowest BCUT2D eigenvalue weighted by Gasteiger charge is -2.21. The van der Waals surface area contributed by atoms with Crippen molar-refractivity contribution in [3.8, 4) is 21.4 Å². The van der Waals surface area contributed by atoms with Gasteiger partial charge in [-0.3, -0.25) is 4.79 Å². The first-order chi connectivity index (χ1) is 25.7. The van der Waals surface area contributed by atoms with E-state index in [0.717, 1.165) is 93.3 Å². The Morgan fingerprint density at radius 1 is 0.778 bits per heavy atom. The largest absolute Gasteiger partial charge is 0.478 e. The number of aromatic carboxylic acids is 1. The molecule has 0 bridgehead atoms. The topological polar surface area (TPSA) is 143 Å². The Morgan fingerprint density at radius 2 is 1.26 bits per heavy atom. The number of ether oxygens (including phenoxy) is 3. The normalized spacial score (nSPS) is 16.0. The van der Waals surface area contributed by atoms with Gasteiger partial charge in [-0.25, -0.2) is 24.1 Å². The molecular formula is C38H56N6O6S2Si2. The number of fused-ring (bicyclic) bond motifs is 2. The van der Waals surface area contributed by atoms with Crippen LogP contribution in [0.1, 0.15) is 74.0 Å². The third kappa shape index (κ3) is 11.1. The second-order valence-electron chi connectivity index (χ2n) is 17.0. The highest BCUT2D eigenvalue weighted by atomic mass is 32.1. The minimum atomic E-state index is -1.13. The number of carbonyl (C=O) groups is 2. The van der Waals surface area contributed by atoms with E-state index in [4.69, 9.17) is 24.3 Å². The smallest absolute Gasteiger partial charge is 0.339 e. The number of ketones is 1. The number of carboxylic acid groups (broad SMARTS) is 1. The summed E-state index contributed by atoms with van der Waals surface area (Å²) in [5, 5.41) is 20.2. The second kappa shape index (κ2) is 17.9. The molecule has 3 aliphatic rings. The fourth-order valence-corrected chi connectivity index (χ4v) is 10.4. The lowest BCUT2D eigenvalue weighted by atomic mass is 9.92. The van der Waals surface area contributed by atoms with Gasteiger partial charge in [0, 0.05) is 71.1 Å². The fraction of sp³-hybridized carbons (Fsp3) is 0.632. The molecule has 1 aliphatic heterocycles. The molecule has 2 aliphatic carbocycles. The van der Waals surface area contributed by atoms with Crippen molar-refractivity contribution in [2.24, 2.45) is 5.92 Å². The van der Waals surface area contributed by atoms with Gasteiger partial charge >= 0.3 is 5.97 Å². The summed E-state index contributed by atoms with van der Waals surface area (Å²) in [4.78, 5) is 36.8. The van der Waals surface area contributed by atoms with E-state index in [-0.39, 0.29) is 18.1 Å². The van der Waals surface area contributed by atoms with E-state index in [1.54, 1.807) is 38.2 Å². The van der Waals surface area contributed by atoms with Crippen molar-refractivity contribution < 1.29 is 28.9 Å². The fourth-order valence-electron chi connectivity index (χ4n) is 6.63. The van der Waals surface area contributed by atoms with Crippen LogP contribution in [0.15, 0.2) is 12.4 Å². The SMILES string of the molecule is C[Si](C)(C)CCOCn1cc(C(=O)CC2CCOCC2)c(-c2nc3c(s2)CCC3)n1.C[Si](C)(C)CCOCn1cc(C(=O)O)c(-c2nc3c(s2)CCC3)n1. The highest BCUT2D eigenvalue weighted by Gasteiger charge is 2.27. The van der Waals surface area contributed by atoms with Gasteiger partial charge < -0.3 is 19.3 Å². The van der Waals surface area contributed by atoms with E-state index in [2.05, 4.69) is 49.4 Å². The van der Waals surface area contributed by atoms with Crippen LogP contribution in [-0.4, -0.2) is 89.0 Å². The molecule has 5 heterocycles. The van der Waals surface area contributed by atoms with Gasteiger partial charge in [-0.15, -0.1) is 22.7 Å². The van der Waals surface area contributed by atoms with Crippen LogP contribution < -0.4 is 0 Å². The standard InChI is InChI=1S/C22H33N3O3SSi.C16H23N3O3SSi/c1-30(2,3)12-11-28-15-25-14-17(19(26)13-16-7-9-27-10-8-16)21(24-25)22-23-18-5-4-6-20(18)29-22;1-24(2,3)8-7-22-10-19-9-11(16(20)21)14(18-19)15-17-12-5-4-6-13(12)23-15/h14,16H,4-13,15H2,1-3H3;9H,4-8,10H2,1-3H3,(H,20,21). The molecule has 1 fully saturated rings.